The lowest BCUT2D eigenvalue weighted by Gasteiger charge is -2.37. The molecule has 3 aromatic rings. The first-order valence-electron chi connectivity index (χ1n) is 10.7. The van der Waals surface area contributed by atoms with E-state index in [4.69, 9.17) is 4.98 Å². The van der Waals surface area contributed by atoms with E-state index < -0.39 is 0 Å². The second-order valence-electron chi connectivity index (χ2n) is 8.22. The van der Waals surface area contributed by atoms with Gasteiger partial charge in [0.05, 0.1) is 11.7 Å². The molecule has 1 amide bonds. The van der Waals surface area contributed by atoms with Crippen LogP contribution in [0.1, 0.15) is 57.9 Å². The van der Waals surface area contributed by atoms with E-state index in [0.29, 0.717) is 5.56 Å². The molecule has 4 nitrogen and oxygen atoms in total. The van der Waals surface area contributed by atoms with Crippen LogP contribution < -0.4 is 5.32 Å². The van der Waals surface area contributed by atoms with Gasteiger partial charge in [-0.15, -0.1) is 11.3 Å². The zero-order chi connectivity index (χ0) is 21.1. The third kappa shape index (κ3) is 4.32. The molecule has 0 unspecified atom stereocenters. The zero-order valence-electron chi connectivity index (χ0n) is 17.9. The van der Waals surface area contributed by atoms with Gasteiger partial charge in [-0.1, -0.05) is 31.2 Å². The van der Waals surface area contributed by atoms with Crippen LogP contribution in [0.4, 0.5) is 5.00 Å². The van der Waals surface area contributed by atoms with Crippen molar-refractivity contribution in [1.29, 1.82) is 0 Å². The van der Waals surface area contributed by atoms with Gasteiger partial charge in [0.25, 0.3) is 5.91 Å². The Morgan fingerprint density at radius 2 is 1.80 bits per heavy atom. The Kier molecular flexibility index (Phi) is 6.30. The molecule has 5 heteroatoms. The highest BCUT2D eigenvalue weighted by atomic mass is 32.1. The topological polar surface area (TPSA) is 45.2 Å². The molecule has 2 aromatic heterocycles. The Morgan fingerprint density at radius 3 is 2.47 bits per heavy atom. The van der Waals surface area contributed by atoms with Gasteiger partial charge < -0.3 is 5.32 Å². The van der Waals surface area contributed by atoms with Crippen LogP contribution in [0.3, 0.4) is 0 Å². The summed E-state index contributed by atoms with van der Waals surface area (Å²) in [5.41, 5.74) is 4.16. The van der Waals surface area contributed by atoms with Gasteiger partial charge in [-0.05, 0) is 75.5 Å². The lowest BCUT2D eigenvalue weighted by Crippen LogP contribution is -2.37. The number of carbonyl (C=O) groups is 1. The Morgan fingerprint density at radius 1 is 1.10 bits per heavy atom. The molecule has 1 fully saturated rings. The minimum atomic E-state index is -0.0647. The van der Waals surface area contributed by atoms with Crippen molar-refractivity contribution in [1.82, 2.24) is 9.88 Å². The summed E-state index contributed by atoms with van der Waals surface area (Å²) in [4.78, 5) is 21.4. The van der Waals surface area contributed by atoms with Gasteiger partial charge >= 0.3 is 0 Å². The second kappa shape index (κ2) is 9.11. The number of nitrogens with one attached hydrogen (secondary N) is 1. The number of anilines is 1. The molecule has 0 spiro atoms. The molecule has 3 heterocycles. The third-order valence-corrected chi connectivity index (χ3v) is 7.26. The molecule has 1 atom stereocenters. The minimum absolute atomic E-state index is 0.0507. The average molecular weight is 420 g/mol. The van der Waals surface area contributed by atoms with Crippen LogP contribution in [0.5, 0.6) is 0 Å². The highest BCUT2D eigenvalue weighted by Gasteiger charge is 2.32. The van der Waals surface area contributed by atoms with E-state index in [2.05, 4.69) is 43.1 Å². The maximum atomic E-state index is 12.9. The number of nitrogens with zero attached hydrogens (tertiary/aromatic N) is 2. The Balaban J connectivity index is 1.74. The average Bonchev–Trinajstić information content (AvgIpc) is 3.04. The van der Waals surface area contributed by atoms with Gasteiger partial charge in [-0.2, -0.15) is 0 Å². The van der Waals surface area contributed by atoms with Crippen LogP contribution in [0.25, 0.3) is 0 Å². The van der Waals surface area contributed by atoms with Gasteiger partial charge in [-0.25, -0.2) is 0 Å². The number of pyridine rings is 1. The van der Waals surface area contributed by atoms with Gasteiger partial charge in [0, 0.05) is 22.2 Å². The fourth-order valence-electron chi connectivity index (χ4n) is 4.17. The van der Waals surface area contributed by atoms with Crippen molar-refractivity contribution in [3.05, 3.63) is 82.0 Å². The maximum Gasteiger partial charge on any atom is 0.256 e. The van der Waals surface area contributed by atoms with E-state index in [1.807, 2.05) is 42.6 Å². The van der Waals surface area contributed by atoms with E-state index in [0.717, 1.165) is 29.7 Å². The number of carbonyl (C=O) groups excluding carboxylic acids is 1. The number of hydrogen-bond donors (Lipinski definition) is 1. The predicted octanol–water partition coefficient (Wildman–Crippen LogP) is 5.83. The quantitative estimate of drug-likeness (QED) is 0.566. The smallest absolute Gasteiger partial charge is 0.256 e. The van der Waals surface area contributed by atoms with Crippen molar-refractivity contribution in [2.45, 2.75) is 39.7 Å². The molecule has 1 aromatic carbocycles. The summed E-state index contributed by atoms with van der Waals surface area (Å²) in [7, 11) is 0. The minimum Gasteiger partial charge on any atom is -0.313 e. The molecular formula is C25H29N3OS. The lowest BCUT2D eigenvalue weighted by atomic mass is 9.93. The number of thiophene rings is 1. The normalized spacial score (nSPS) is 16.4. The van der Waals surface area contributed by atoms with E-state index in [1.165, 1.54) is 28.8 Å². The van der Waals surface area contributed by atoms with Crippen molar-refractivity contribution in [2.75, 3.05) is 18.4 Å². The fraction of sp³-hybridized carbons (Fsp3) is 0.360. The monoisotopic (exact) mass is 419 g/mol. The molecule has 156 valence electrons. The van der Waals surface area contributed by atoms with Gasteiger partial charge in [0.1, 0.15) is 5.00 Å². The molecule has 0 saturated carbocycles. The molecular weight excluding hydrogens is 390 g/mol. The summed E-state index contributed by atoms with van der Waals surface area (Å²) in [6, 6.07) is 15.6. The van der Waals surface area contributed by atoms with Crippen LogP contribution in [-0.2, 0) is 0 Å². The van der Waals surface area contributed by atoms with Crippen LogP contribution in [0.2, 0.25) is 0 Å². The first-order valence-corrected chi connectivity index (χ1v) is 11.5. The number of aryl methyl sites for hydroxylation is 1. The first-order chi connectivity index (χ1) is 14.5. The summed E-state index contributed by atoms with van der Waals surface area (Å²) < 4.78 is 0. The number of piperidine rings is 1. The summed E-state index contributed by atoms with van der Waals surface area (Å²) in [5.74, 6) is 0.693. The molecule has 0 bridgehead atoms. The molecule has 1 saturated heterocycles. The third-order valence-electron chi connectivity index (χ3n) is 6.12. The summed E-state index contributed by atoms with van der Waals surface area (Å²) in [6.45, 7) is 8.72. The van der Waals surface area contributed by atoms with Crippen molar-refractivity contribution < 1.29 is 4.79 Å². The van der Waals surface area contributed by atoms with Gasteiger partial charge in [0.2, 0.25) is 0 Å². The van der Waals surface area contributed by atoms with Crippen molar-refractivity contribution in [3.8, 4) is 0 Å². The highest BCUT2D eigenvalue weighted by Crippen LogP contribution is 2.42. The molecule has 1 aliphatic rings. The van der Waals surface area contributed by atoms with Crippen LogP contribution in [-0.4, -0.2) is 28.9 Å². The Bertz CT molecular complexity index is 992. The predicted molar refractivity (Wildman–Crippen MR) is 124 cm³/mol. The Labute approximate surface area is 183 Å². The summed E-state index contributed by atoms with van der Waals surface area (Å²) in [5, 5.41) is 4.15. The lowest BCUT2D eigenvalue weighted by molar-refractivity contribution is 0.102. The highest BCUT2D eigenvalue weighted by molar-refractivity contribution is 7.16. The molecule has 1 aliphatic heterocycles. The van der Waals surface area contributed by atoms with Crippen molar-refractivity contribution in [3.63, 3.8) is 0 Å². The number of hydrogen-bond acceptors (Lipinski definition) is 4. The fourth-order valence-corrected chi connectivity index (χ4v) is 5.26. The maximum absolute atomic E-state index is 12.9. The van der Waals surface area contributed by atoms with Gasteiger partial charge in [0.15, 0.2) is 0 Å². The SMILES string of the molecule is Cc1sc(NC(=O)c2ccccc2)c([C@H](c2ccccn2)N2CCC(C)CC2)c1C. The van der Waals surface area contributed by atoms with E-state index in [-0.39, 0.29) is 11.9 Å². The summed E-state index contributed by atoms with van der Waals surface area (Å²) >= 11 is 1.67. The standard InChI is InChI=1S/C25H29N3OS/c1-17-12-15-28(16-13-17)23(21-11-7-8-14-26-21)22-18(2)19(3)30-25(22)27-24(29)20-9-5-4-6-10-20/h4-11,14,17,23H,12-13,15-16H2,1-3H3,(H,27,29)/t23-/m0/s1. The van der Waals surface area contributed by atoms with Crippen molar-refractivity contribution in [2.24, 2.45) is 5.92 Å². The first kappa shape index (κ1) is 20.8. The molecule has 30 heavy (non-hydrogen) atoms. The summed E-state index contributed by atoms with van der Waals surface area (Å²) in [6.07, 6.45) is 4.25. The van der Waals surface area contributed by atoms with Gasteiger partial charge in [-0.3, -0.25) is 14.7 Å². The molecule has 4 rings (SSSR count). The largest absolute Gasteiger partial charge is 0.313 e. The van der Waals surface area contributed by atoms with Crippen LogP contribution >= 0.6 is 11.3 Å². The van der Waals surface area contributed by atoms with Crippen LogP contribution in [0, 0.1) is 19.8 Å². The number of aromatic nitrogens is 1. The molecule has 1 N–H and O–H groups in total. The number of rotatable bonds is 5. The molecule has 0 radical (unpaired) electrons. The van der Waals surface area contributed by atoms with Crippen molar-refractivity contribution >= 4 is 22.2 Å². The zero-order valence-corrected chi connectivity index (χ0v) is 18.7. The number of likely N-dealkylation sites (tertiary alicyclic amines) is 1. The second-order valence-corrected chi connectivity index (χ2v) is 9.45. The van der Waals surface area contributed by atoms with Crippen LogP contribution in [0.15, 0.2) is 54.7 Å². The van der Waals surface area contributed by atoms with E-state index >= 15 is 0 Å². The van der Waals surface area contributed by atoms with E-state index in [1.54, 1.807) is 11.3 Å². The van der Waals surface area contributed by atoms with E-state index in [9.17, 15) is 4.79 Å². The number of benzene rings is 1. The Hall–Kier alpha value is -2.50. The molecule has 0 aliphatic carbocycles. The number of amides is 1.